The first-order valence-electron chi connectivity index (χ1n) is 9.97. The van der Waals surface area contributed by atoms with Gasteiger partial charge in [0, 0.05) is 24.8 Å². The Hall–Kier alpha value is -2.38. The van der Waals surface area contributed by atoms with Crippen molar-refractivity contribution in [3.8, 4) is 5.75 Å². The molecule has 0 aliphatic carbocycles. The van der Waals surface area contributed by atoms with E-state index < -0.39 is 10.0 Å². The third kappa shape index (κ3) is 3.65. The Kier molecular flexibility index (Phi) is 5.36. The van der Waals surface area contributed by atoms with E-state index in [-0.39, 0.29) is 29.3 Å². The second-order valence-electron chi connectivity index (χ2n) is 7.77. The minimum atomic E-state index is -3.64. The molecule has 1 saturated heterocycles. The van der Waals surface area contributed by atoms with Crippen LogP contribution in [0.2, 0.25) is 0 Å². The lowest BCUT2D eigenvalue weighted by Crippen LogP contribution is -2.48. The minimum Gasteiger partial charge on any atom is -0.497 e. The molecule has 6 nitrogen and oxygen atoms in total. The van der Waals surface area contributed by atoms with Crippen LogP contribution in [0.4, 0.5) is 5.69 Å². The summed E-state index contributed by atoms with van der Waals surface area (Å²) < 4.78 is 32.8. The molecular weight excluding hydrogens is 388 g/mol. The summed E-state index contributed by atoms with van der Waals surface area (Å²) in [6.45, 7) is 2.70. The number of piperidine rings is 1. The van der Waals surface area contributed by atoms with Crippen molar-refractivity contribution < 1.29 is 17.9 Å². The zero-order valence-electron chi connectivity index (χ0n) is 16.7. The number of hydrogen-bond donors (Lipinski definition) is 0. The van der Waals surface area contributed by atoms with Gasteiger partial charge in [0.05, 0.1) is 17.9 Å². The molecule has 0 N–H and O–H groups in total. The van der Waals surface area contributed by atoms with Crippen molar-refractivity contribution in [2.45, 2.75) is 37.1 Å². The van der Waals surface area contributed by atoms with Crippen LogP contribution < -0.4 is 9.64 Å². The summed E-state index contributed by atoms with van der Waals surface area (Å²) in [4.78, 5) is 15.4. The number of para-hydroxylation sites is 1. The molecule has 7 heteroatoms. The molecule has 0 saturated carbocycles. The summed E-state index contributed by atoms with van der Waals surface area (Å²) in [5, 5.41) is 0. The molecule has 4 rings (SSSR count). The van der Waals surface area contributed by atoms with E-state index in [0.717, 1.165) is 12.1 Å². The van der Waals surface area contributed by atoms with E-state index in [2.05, 4.69) is 6.07 Å². The van der Waals surface area contributed by atoms with Crippen LogP contribution in [-0.2, 0) is 21.2 Å². The van der Waals surface area contributed by atoms with Crippen LogP contribution in [-0.4, -0.2) is 44.9 Å². The molecule has 0 radical (unpaired) electrons. The van der Waals surface area contributed by atoms with Gasteiger partial charge in [0.25, 0.3) is 0 Å². The molecule has 2 aromatic rings. The SMILES string of the molecule is COc1ccc(S(=O)(=O)N2CCC[C@H](C(=O)N3c4ccccc4C[C@H]3C)C2)cc1. The number of anilines is 1. The number of methoxy groups -OCH3 is 1. The van der Waals surface area contributed by atoms with E-state index in [1.807, 2.05) is 30.0 Å². The summed E-state index contributed by atoms with van der Waals surface area (Å²) in [6, 6.07) is 14.4. The van der Waals surface area contributed by atoms with Crippen molar-refractivity contribution in [1.29, 1.82) is 0 Å². The van der Waals surface area contributed by atoms with Crippen LogP contribution in [0.5, 0.6) is 5.75 Å². The van der Waals surface area contributed by atoms with Crippen molar-refractivity contribution in [3.63, 3.8) is 0 Å². The minimum absolute atomic E-state index is 0.0251. The molecule has 2 aliphatic heterocycles. The van der Waals surface area contributed by atoms with Gasteiger partial charge in [0.15, 0.2) is 0 Å². The van der Waals surface area contributed by atoms with Crippen molar-refractivity contribution in [1.82, 2.24) is 4.31 Å². The summed E-state index contributed by atoms with van der Waals surface area (Å²) in [7, 11) is -2.10. The van der Waals surface area contributed by atoms with Crippen LogP contribution in [0, 0.1) is 5.92 Å². The van der Waals surface area contributed by atoms with E-state index >= 15 is 0 Å². The average molecular weight is 415 g/mol. The predicted octanol–water partition coefficient (Wildman–Crippen LogP) is 3.07. The topological polar surface area (TPSA) is 66.9 Å². The van der Waals surface area contributed by atoms with Crippen LogP contribution in [0.3, 0.4) is 0 Å². The number of amides is 1. The van der Waals surface area contributed by atoms with E-state index in [0.29, 0.717) is 25.1 Å². The van der Waals surface area contributed by atoms with Crippen LogP contribution in [0.25, 0.3) is 0 Å². The second-order valence-corrected chi connectivity index (χ2v) is 9.71. The van der Waals surface area contributed by atoms with Gasteiger partial charge in [-0.25, -0.2) is 8.42 Å². The molecule has 0 unspecified atom stereocenters. The molecule has 0 aromatic heterocycles. The highest BCUT2D eigenvalue weighted by Crippen LogP contribution is 2.35. The Morgan fingerprint density at radius 1 is 1.10 bits per heavy atom. The molecule has 2 atom stereocenters. The van der Waals surface area contributed by atoms with Gasteiger partial charge in [-0.15, -0.1) is 0 Å². The number of sulfonamides is 1. The summed E-state index contributed by atoms with van der Waals surface area (Å²) in [5.41, 5.74) is 2.13. The van der Waals surface area contributed by atoms with Gasteiger partial charge in [0.2, 0.25) is 15.9 Å². The van der Waals surface area contributed by atoms with E-state index in [1.165, 1.54) is 9.87 Å². The van der Waals surface area contributed by atoms with Gasteiger partial charge in [-0.3, -0.25) is 4.79 Å². The molecule has 2 aliphatic rings. The number of hydrogen-bond acceptors (Lipinski definition) is 4. The molecule has 154 valence electrons. The third-order valence-corrected chi connectivity index (χ3v) is 7.75. The Bertz CT molecular complexity index is 1000. The maximum Gasteiger partial charge on any atom is 0.243 e. The third-order valence-electron chi connectivity index (χ3n) is 5.88. The number of nitrogens with zero attached hydrogens (tertiary/aromatic N) is 2. The Morgan fingerprint density at radius 3 is 2.55 bits per heavy atom. The molecule has 1 fully saturated rings. The number of carbonyl (C=O) groups is 1. The number of carbonyl (C=O) groups excluding carboxylic acids is 1. The van der Waals surface area contributed by atoms with E-state index in [1.54, 1.807) is 31.4 Å². The molecule has 1 amide bonds. The summed E-state index contributed by atoms with van der Waals surface area (Å²) in [6.07, 6.45) is 2.22. The smallest absolute Gasteiger partial charge is 0.243 e. The highest BCUT2D eigenvalue weighted by molar-refractivity contribution is 7.89. The lowest BCUT2D eigenvalue weighted by molar-refractivity contribution is -0.123. The number of benzene rings is 2. The Labute approximate surface area is 172 Å². The molecule has 2 heterocycles. The van der Waals surface area contributed by atoms with E-state index in [9.17, 15) is 13.2 Å². The zero-order chi connectivity index (χ0) is 20.6. The van der Waals surface area contributed by atoms with E-state index in [4.69, 9.17) is 4.74 Å². The number of ether oxygens (including phenoxy) is 1. The van der Waals surface area contributed by atoms with Crippen molar-refractivity contribution in [3.05, 3.63) is 54.1 Å². The monoisotopic (exact) mass is 414 g/mol. The van der Waals surface area contributed by atoms with Crippen molar-refractivity contribution in [2.24, 2.45) is 5.92 Å². The number of fused-ring (bicyclic) bond motifs is 1. The average Bonchev–Trinajstić information content (AvgIpc) is 3.09. The first-order valence-corrected chi connectivity index (χ1v) is 11.4. The van der Waals surface area contributed by atoms with Crippen LogP contribution in [0.15, 0.2) is 53.4 Å². The second kappa shape index (κ2) is 7.80. The fourth-order valence-electron chi connectivity index (χ4n) is 4.36. The molecule has 0 spiro atoms. The fraction of sp³-hybridized carbons (Fsp3) is 0.409. The number of rotatable bonds is 4. The van der Waals surface area contributed by atoms with Gasteiger partial charge >= 0.3 is 0 Å². The maximum absolute atomic E-state index is 13.4. The molecule has 0 bridgehead atoms. The van der Waals surface area contributed by atoms with Gasteiger partial charge in [-0.1, -0.05) is 18.2 Å². The lowest BCUT2D eigenvalue weighted by Gasteiger charge is -2.34. The predicted molar refractivity (Wildman–Crippen MR) is 112 cm³/mol. The summed E-state index contributed by atoms with van der Waals surface area (Å²) in [5.74, 6) is 0.305. The normalized spacial score (nSPS) is 22.3. The van der Waals surface area contributed by atoms with Crippen molar-refractivity contribution in [2.75, 3.05) is 25.1 Å². The Morgan fingerprint density at radius 2 is 1.83 bits per heavy atom. The molecule has 29 heavy (non-hydrogen) atoms. The van der Waals surface area contributed by atoms with Crippen LogP contribution in [0.1, 0.15) is 25.3 Å². The van der Waals surface area contributed by atoms with Gasteiger partial charge in [-0.2, -0.15) is 4.31 Å². The lowest BCUT2D eigenvalue weighted by atomic mass is 9.97. The van der Waals surface area contributed by atoms with Crippen LogP contribution >= 0.6 is 0 Å². The first kappa shape index (κ1) is 19.9. The summed E-state index contributed by atoms with van der Waals surface area (Å²) >= 11 is 0. The first-order chi connectivity index (χ1) is 13.9. The largest absolute Gasteiger partial charge is 0.497 e. The quantitative estimate of drug-likeness (QED) is 0.771. The fourth-order valence-corrected chi connectivity index (χ4v) is 5.88. The highest BCUT2D eigenvalue weighted by Gasteiger charge is 2.39. The molecular formula is C22H26N2O4S. The van der Waals surface area contributed by atoms with Gasteiger partial charge < -0.3 is 9.64 Å². The molecule has 2 aromatic carbocycles. The zero-order valence-corrected chi connectivity index (χ0v) is 17.6. The standard InChI is InChI=1S/C22H26N2O4S/c1-16-14-17-6-3-4-8-21(17)24(16)22(25)18-7-5-13-23(15-18)29(26,27)20-11-9-19(28-2)10-12-20/h3-4,6,8-12,16,18H,5,7,13-15H2,1-2H3/t16-,18+/m1/s1. The van der Waals surface area contributed by atoms with Gasteiger partial charge in [-0.05, 0) is 62.1 Å². The van der Waals surface area contributed by atoms with Gasteiger partial charge in [0.1, 0.15) is 5.75 Å². The Balaban J connectivity index is 1.54. The maximum atomic E-state index is 13.4. The highest BCUT2D eigenvalue weighted by atomic mass is 32.2. The van der Waals surface area contributed by atoms with Crippen molar-refractivity contribution >= 4 is 21.6 Å².